The number of aromatic nitrogens is 2. The SMILES string of the molecule is CCNC(=O)NCc1ccccc1CC[C@]1(O)CCC2=Cc3c(cnn3-c3ccc(F)cc3)CC21C. The van der Waals surface area contributed by atoms with Crippen molar-refractivity contribution in [2.75, 3.05) is 6.54 Å². The molecule has 2 aromatic carbocycles. The van der Waals surface area contributed by atoms with Crippen LogP contribution >= 0.6 is 0 Å². The molecule has 0 saturated heterocycles. The minimum Gasteiger partial charge on any atom is -0.389 e. The van der Waals surface area contributed by atoms with Crippen molar-refractivity contribution in [1.29, 1.82) is 0 Å². The first-order chi connectivity index (χ1) is 17.3. The molecule has 1 aromatic heterocycles. The van der Waals surface area contributed by atoms with Crippen LogP contribution in [0.1, 0.15) is 55.5 Å². The summed E-state index contributed by atoms with van der Waals surface area (Å²) in [5.41, 5.74) is 5.18. The average Bonchev–Trinajstić information content (AvgIpc) is 3.38. The van der Waals surface area contributed by atoms with E-state index in [-0.39, 0.29) is 17.3 Å². The third-order valence-corrected chi connectivity index (χ3v) is 8.06. The largest absolute Gasteiger partial charge is 0.389 e. The second-order valence-corrected chi connectivity index (χ2v) is 10.1. The molecular weight excluding hydrogens is 455 g/mol. The van der Waals surface area contributed by atoms with E-state index in [1.54, 1.807) is 12.1 Å². The molecule has 0 spiro atoms. The quantitative estimate of drug-likeness (QED) is 0.441. The molecule has 2 aliphatic carbocycles. The summed E-state index contributed by atoms with van der Waals surface area (Å²) in [6, 6.07) is 14.3. The standard InChI is InChI=1S/C29H33FN4O2/c1-3-31-27(35)32-18-21-7-5-4-6-20(21)12-14-29(36)15-13-23-16-26-22(17-28(23,29)2)19-33-34(26)25-10-8-24(30)9-11-25/h4-11,16,19,36H,3,12-15,17-18H2,1-2H3,(H2,31,32,35)/t28?,29-/m0/s1. The summed E-state index contributed by atoms with van der Waals surface area (Å²) in [7, 11) is 0. The molecule has 36 heavy (non-hydrogen) atoms. The normalized spacial score (nSPS) is 22.5. The van der Waals surface area contributed by atoms with Gasteiger partial charge >= 0.3 is 6.03 Å². The maximum atomic E-state index is 13.4. The van der Waals surface area contributed by atoms with Gasteiger partial charge in [-0.1, -0.05) is 36.8 Å². The number of benzene rings is 2. The van der Waals surface area contributed by atoms with Gasteiger partial charge in [-0.05, 0) is 86.1 Å². The van der Waals surface area contributed by atoms with E-state index in [2.05, 4.69) is 34.8 Å². The van der Waals surface area contributed by atoms with Gasteiger partial charge in [0.2, 0.25) is 0 Å². The summed E-state index contributed by atoms with van der Waals surface area (Å²) in [6.07, 6.45) is 7.68. The number of rotatable bonds is 7. The first-order valence-corrected chi connectivity index (χ1v) is 12.7. The van der Waals surface area contributed by atoms with Crippen molar-refractivity contribution in [3.63, 3.8) is 0 Å². The number of aryl methyl sites for hydroxylation is 1. The molecule has 0 bridgehead atoms. The van der Waals surface area contributed by atoms with E-state index in [4.69, 9.17) is 0 Å². The molecule has 3 aromatic rings. The molecule has 1 fully saturated rings. The highest BCUT2D eigenvalue weighted by molar-refractivity contribution is 5.73. The summed E-state index contributed by atoms with van der Waals surface area (Å²) < 4.78 is 15.3. The third kappa shape index (κ3) is 4.32. The van der Waals surface area contributed by atoms with Crippen LogP contribution in [0.5, 0.6) is 0 Å². The molecule has 1 saturated carbocycles. The summed E-state index contributed by atoms with van der Waals surface area (Å²) in [5, 5.41) is 22.2. The number of hydrogen-bond donors (Lipinski definition) is 3. The van der Waals surface area contributed by atoms with E-state index in [9.17, 15) is 14.3 Å². The van der Waals surface area contributed by atoms with E-state index in [0.717, 1.165) is 40.9 Å². The van der Waals surface area contributed by atoms with Crippen molar-refractivity contribution < 1.29 is 14.3 Å². The molecular formula is C29H33FN4O2. The number of aliphatic hydroxyl groups is 1. The number of amides is 2. The van der Waals surface area contributed by atoms with Crippen LogP contribution in [-0.2, 0) is 19.4 Å². The van der Waals surface area contributed by atoms with Crippen LogP contribution < -0.4 is 10.6 Å². The van der Waals surface area contributed by atoms with Gasteiger partial charge in [-0.15, -0.1) is 0 Å². The predicted molar refractivity (Wildman–Crippen MR) is 138 cm³/mol. The van der Waals surface area contributed by atoms with Gasteiger partial charge < -0.3 is 15.7 Å². The third-order valence-electron chi connectivity index (χ3n) is 8.06. The molecule has 188 valence electrons. The lowest BCUT2D eigenvalue weighted by Gasteiger charge is -2.42. The van der Waals surface area contributed by atoms with Crippen LogP contribution in [-0.4, -0.2) is 33.1 Å². The van der Waals surface area contributed by atoms with Gasteiger partial charge in [-0.2, -0.15) is 5.10 Å². The van der Waals surface area contributed by atoms with Crippen LogP contribution in [0.4, 0.5) is 9.18 Å². The van der Waals surface area contributed by atoms with Gasteiger partial charge in [0.15, 0.2) is 0 Å². The zero-order valence-corrected chi connectivity index (χ0v) is 20.9. The number of hydrogen-bond acceptors (Lipinski definition) is 3. The maximum absolute atomic E-state index is 13.4. The Morgan fingerprint density at radius 1 is 1.14 bits per heavy atom. The van der Waals surface area contributed by atoms with Crippen molar-refractivity contribution in [1.82, 2.24) is 20.4 Å². The lowest BCUT2D eigenvalue weighted by molar-refractivity contribution is -0.0461. The number of halogens is 1. The maximum Gasteiger partial charge on any atom is 0.315 e. The van der Waals surface area contributed by atoms with Gasteiger partial charge in [0.1, 0.15) is 5.82 Å². The topological polar surface area (TPSA) is 79.2 Å². The highest BCUT2D eigenvalue weighted by atomic mass is 19.1. The molecule has 6 nitrogen and oxygen atoms in total. The summed E-state index contributed by atoms with van der Waals surface area (Å²) in [5.74, 6) is -0.270. The molecule has 0 aliphatic heterocycles. The Hall–Kier alpha value is -3.45. The fourth-order valence-electron chi connectivity index (χ4n) is 5.83. The molecule has 2 aliphatic rings. The van der Waals surface area contributed by atoms with Gasteiger partial charge in [0, 0.05) is 18.5 Å². The predicted octanol–water partition coefficient (Wildman–Crippen LogP) is 4.93. The highest BCUT2D eigenvalue weighted by Gasteiger charge is 2.54. The van der Waals surface area contributed by atoms with Crippen molar-refractivity contribution in [2.24, 2.45) is 5.41 Å². The molecule has 7 heteroatoms. The smallest absolute Gasteiger partial charge is 0.315 e. The average molecular weight is 489 g/mol. The zero-order valence-electron chi connectivity index (χ0n) is 20.9. The van der Waals surface area contributed by atoms with Crippen molar-refractivity contribution in [3.8, 4) is 5.69 Å². The van der Waals surface area contributed by atoms with E-state index in [1.807, 2.05) is 36.0 Å². The van der Waals surface area contributed by atoms with Gasteiger partial charge in [0.25, 0.3) is 0 Å². The number of nitrogens with zero attached hydrogens (tertiary/aromatic N) is 2. The molecule has 1 heterocycles. The number of nitrogens with one attached hydrogen (secondary N) is 2. The van der Waals surface area contributed by atoms with Crippen LogP contribution in [0.25, 0.3) is 11.8 Å². The minimum absolute atomic E-state index is 0.178. The molecule has 2 atom stereocenters. The van der Waals surface area contributed by atoms with Gasteiger partial charge in [-0.3, -0.25) is 0 Å². The highest BCUT2D eigenvalue weighted by Crippen LogP contribution is 2.56. The van der Waals surface area contributed by atoms with E-state index < -0.39 is 5.60 Å². The first-order valence-electron chi connectivity index (χ1n) is 12.7. The fraction of sp³-hybridized carbons (Fsp3) is 0.379. The van der Waals surface area contributed by atoms with Crippen molar-refractivity contribution in [3.05, 3.63) is 88.5 Å². The lowest BCUT2D eigenvalue weighted by atomic mass is 9.65. The minimum atomic E-state index is -0.839. The summed E-state index contributed by atoms with van der Waals surface area (Å²) >= 11 is 0. The summed E-state index contributed by atoms with van der Waals surface area (Å²) in [4.78, 5) is 11.9. The number of carbonyl (C=O) groups excluding carboxylic acids is 1. The van der Waals surface area contributed by atoms with E-state index in [0.29, 0.717) is 32.4 Å². The van der Waals surface area contributed by atoms with E-state index >= 15 is 0 Å². The Balaban J connectivity index is 1.34. The van der Waals surface area contributed by atoms with E-state index in [1.165, 1.54) is 17.7 Å². The second-order valence-electron chi connectivity index (χ2n) is 10.1. The van der Waals surface area contributed by atoms with Crippen molar-refractivity contribution >= 4 is 12.1 Å². The molecule has 1 unspecified atom stereocenters. The van der Waals surface area contributed by atoms with Gasteiger partial charge in [-0.25, -0.2) is 13.9 Å². The molecule has 5 rings (SSSR count). The number of carbonyl (C=O) groups is 1. The van der Waals surface area contributed by atoms with Crippen LogP contribution in [0.3, 0.4) is 0 Å². The van der Waals surface area contributed by atoms with Crippen LogP contribution in [0.2, 0.25) is 0 Å². The van der Waals surface area contributed by atoms with Crippen LogP contribution in [0, 0.1) is 11.2 Å². The first kappa shape index (κ1) is 24.3. The Kier molecular flexibility index (Phi) is 6.43. The van der Waals surface area contributed by atoms with Gasteiger partial charge in [0.05, 0.1) is 23.2 Å². The lowest BCUT2D eigenvalue weighted by Crippen LogP contribution is -2.45. The molecule has 0 radical (unpaired) electrons. The Labute approximate surface area is 211 Å². The van der Waals surface area contributed by atoms with Crippen LogP contribution in [0.15, 0.2) is 60.3 Å². The summed E-state index contributed by atoms with van der Waals surface area (Å²) in [6.45, 7) is 5.10. The fourth-order valence-corrected chi connectivity index (χ4v) is 5.83. The Bertz CT molecular complexity index is 1300. The zero-order chi connectivity index (χ0) is 25.3. The van der Waals surface area contributed by atoms with Crippen molar-refractivity contribution in [2.45, 2.75) is 58.1 Å². The molecule has 2 amide bonds. The number of urea groups is 1. The second kappa shape index (κ2) is 9.54. The monoisotopic (exact) mass is 488 g/mol. The number of fused-ring (bicyclic) bond motifs is 2. The Morgan fingerprint density at radius 2 is 1.89 bits per heavy atom. The Morgan fingerprint density at radius 3 is 2.64 bits per heavy atom. The molecule has 3 N–H and O–H groups in total.